The summed E-state index contributed by atoms with van der Waals surface area (Å²) in [4.78, 5) is 0. The first-order chi connectivity index (χ1) is 7.73. The van der Waals surface area contributed by atoms with Crippen LogP contribution in [-0.4, -0.2) is 47.6 Å². The van der Waals surface area contributed by atoms with E-state index in [0.717, 1.165) is 0 Å². The van der Waals surface area contributed by atoms with E-state index in [1.165, 1.54) is 0 Å². The molecule has 0 aliphatic carbocycles. The Morgan fingerprint density at radius 1 is 1.00 bits per heavy atom. The molecule has 4 atom stereocenters. The van der Waals surface area contributed by atoms with Gasteiger partial charge in [0.25, 0.3) is 0 Å². The smallest absolute Gasteiger partial charge is 0.226 e. The summed E-state index contributed by atoms with van der Waals surface area (Å²) < 4.78 is 27.9. The van der Waals surface area contributed by atoms with E-state index in [1.54, 1.807) is 27.7 Å². The second-order valence-corrected chi connectivity index (χ2v) is 5.63. The summed E-state index contributed by atoms with van der Waals surface area (Å²) in [5.41, 5.74) is 0. The van der Waals surface area contributed by atoms with E-state index in [-0.39, 0.29) is 6.61 Å². The standard InChI is InChI=1S/C11H18O6/c1-9(2)13-5-11(17-9)7(12)6-8(16-11)15-10(3,4)14-6/h6-8,12H,5H2,1-4H3. The molecule has 6 heteroatoms. The summed E-state index contributed by atoms with van der Waals surface area (Å²) in [6.45, 7) is 7.28. The Balaban J connectivity index is 1.81. The van der Waals surface area contributed by atoms with E-state index in [9.17, 15) is 5.11 Å². The average molecular weight is 246 g/mol. The minimum atomic E-state index is -1.17. The SMILES string of the molecule is CC1(C)OC2OC3(COC(C)(C)O3)C(O)C2O1. The second-order valence-electron chi connectivity index (χ2n) is 5.63. The lowest BCUT2D eigenvalue weighted by atomic mass is 10.1. The summed E-state index contributed by atoms with van der Waals surface area (Å²) in [6, 6.07) is 0. The molecule has 0 aromatic carbocycles. The lowest BCUT2D eigenvalue weighted by Crippen LogP contribution is -2.48. The third kappa shape index (κ3) is 1.71. The zero-order chi connectivity index (χ0) is 12.5. The van der Waals surface area contributed by atoms with Crippen LogP contribution in [0.4, 0.5) is 0 Å². The Hall–Kier alpha value is -0.240. The zero-order valence-corrected chi connectivity index (χ0v) is 10.4. The predicted octanol–water partition coefficient (Wildman–Crippen LogP) is 0.334. The molecule has 17 heavy (non-hydrogen) atoms. The Morgan fingerprint density at radius 2 is 1.71 bits per heavy atom. The Bertz CT molecular complexity index is 341. The summed E-state index contributed by atoms with van der Waals surface area (Å²) in [5.74, 6) is -2.68. The van der Waals surface area contributed by atoms with Crippen molar-refractivity contribution in [2.45, 2.75) is 63.6 Å². The molecule has 1 spiro atoms. The van der Waals surface area contributed by atoms with Gasteiger partial charge in [-0.2, -0.15) is 0 Å². The van der Waals surface area contributed by atoms with Gasteiger partial charge in [-0.1, -0.05) is 0 Å². The maximum Gasteiger partial charge on any atom is 0.226 e. The number of hydrogen-bond donors (Lipinski definition) is 1. The molecule has 0 bridgehead atoms. The van der Waals surface area contributed by atoms with Gasteiger partial charge in [0.1, 0.15) is 18.8 Å². The van der Waals surface area contributed by atoms with Crippen LogP contribution in [0.1, 0.15) is 27.7 Å². The molecule has 0 radical (unpaired) electrons. The number of ether oxygens (including phenoxy) is 5. The predicted molar refractivity (Wildman–Crippen MR) is 54.8 cm³/mol. The molecule has 0 aromatic rings. The van der Waals surface area contributed by atoms with Crippen molar-refractivity contribution < 1.29 is 28.8 Å². The number of aliphatic hydroxyl groups excluding tert-OH is 1. The molecular weight excluding hydrogens is 228 g/mol. The Morgan fingerprint density at radius 3 is 2.24 bits per heavy atom. The topological polar surface area (TPSA) is 66.4 Å². The van der Waals surface area contributed by atoms with Crippen LogP contribution < -0.4 is 0 Å². The first-order valence-corrected chi connectivity index (χ1v) is 5.79. The molecule has 3 rings (SSSR count). The summed E-state index contributed by atoms with van der Waals surface area (Å²) >= 11 is 0. The molecule has 3 aliphatic heterocycles. The van der Waals surface area contributed by atoms with Gasteiger partial charge < -0.3 is 28.8 Å². The van der Waals surface area contributed by atoms with Crippen LogP contribution in [0.5, 0.6) is 0 Å². The normalized spacial score (nSPS) is 51.0. The van der Waals surface area contributed by atoms with Gasteiger partial charge in [-0.25, -0.2) is 0 Å². The lowest BCUT2D eigenvalue weighted by Gasteiger charge is -2.30. The van der Waals surface area contributed by atoms with Crippen molar-refractivity contribution in [1.29, 1.82) is 0 Å². The average Bonchev–Trinajstić information content (AvgIpc) is 2.70. The van der Waals surface area contributed by atoms with Gasteiger partial charge in [0, 0.05) is 0 Å². The third-order valence-electron chi connectivity index (χ3n) is 3.21. The molecule has 0 amide bonds. The van der Waals surface area contributed by atoms with E-state index in [2.05, 4.69) is 0 Å². The molecule has 1 N–H and O–H groups in total. The molecular formula is C11H18O6. The highest BCUT2D eigenvalue weighted by Gasteiger charge is 2.66. The van der Waals surface area contributed by atoms with Gasteiger partial charge in [-0.3, -0.25) is 0 Å². The largest absolute Gasteiger partial charge is 0.384 e. The third-order valence-corrected chi connectivity index (χ3v) is 3.21. The van der Waals surface area contributed by atoms with Crippen molar-refractivity contribution >= 4 is 0 Å². The minimum absolute atomic E-state index is 0.168. The molecule has 3 fully saturated rings. The second kappa shape index (κ2) is 3.20. The first-order valence-electron chi connectivity index (χ1n) is 5.79. The van der Waals surface area contributed by atoms with Gasteiger partial charge in [-0.15, -0.1) is 0 Å². The fourth-order valence-electron chi connectivity index (χ4n) is 2.53. The van der Waals surface area contributed by atoms with Crippen molar-refractivity contribution in [2.75, 3.05) is 6.61 Å². The maximum absolute atomic E-state index is 10.3. The van der Waals surface area contributed by atoms with Gasteiger partial charge >= 0.3 is 0 Å². The molecule has 0 saturated carbocycles. The highest BCUT2D eigenvalue weighted by Crippen LogP contribution is 2.47. The molecule has 3 aliphatic rings. The van der Waals surface area contributed by atoms with Crippen LogP contribution in [-0.2, 0) is 23.7 Å². The van der Waals surface area contributed by atoms with Gasteiger partial charge in [0.05, 0.1) is 0 Å². The summed E-state index contributed by atoms with van der Waals surface area (Å²) in [6.07, 6.45) is -2.07. The van der Waals surface area contributed by atoms with Crippen LogP contribution >= 0.6 is 0 Å². The molecule has 3 saturated heterocycles. The summed E-state index contributed by atoms with van der Waals surface area (Å²) in [7, 11) is 0. The lowest BCUT2D eigenvalue weighted by molar-refractivity contribution is -0.316. The van der Waals surface area contributed by atoms with Crippen molar-refractivity contribution in [3.05, 3.63) is 0 Å². The van der Waals surface area contributed by atoms with Crippen molar-refractivity contribution in [2.24, 2.45) is 0 Å². The molecule has 0 aromatic heterocycles. The molecule has 3 heterocycles. The number of fused-ring (bicyclic) bond motifs is 1. The molecule has 4 unspecified atom stereocenters. The van der Waals surface area contributed by atoms with E-state index in [0.29, 0.717) is 0 Å². The van der Waals surface area contributed by atoms with Crippen LogP contribution in [0.2, 0.25) is 0 Å². The first kappa shape index (κ1) is 11.8. The number of aliphatic hydroxyl groups is 1. The maximum atomic E-state index is 10.3. The monoisotopic (exact) mass is 246 g/mol. The van der Waals surface area contributed by atoms with Gasteiger partial charge in [0.2, 0.25) is 5.79 Å². The van der Waals surface area contributed by atoms with Gasteiger partial charge in [0.15, 0.2) is 17.9 Å². The minimum Gasteiger partial charge on any atom is -0.384 e. The van der Waals surface area contributed by atoms with E-state index in [4.69, 9.17) is 23.7 Å². The van der Waals surface area contributed by atoms with Crippen LogP contribution in [0, 0.1) is 0 Å². The summed E-state index contributed by atoms with van der Waals surface area (Å²) in [5, 5.41) is 10.3. The fraction of sp³-hybridized carbons (Fsp3) is 1.00. The number of rotatable bonds is 0. The number of hydrogen-bond acceptors (Lipinski definition) is 6. The van der Waals surface area contributed by atoms with Crippen LogP contribution in [0.15, 0.2) is 0 Å². The highest BCUT2D eigenvalue weighted by atomic mass is 16.9. The van der Waals surface area contributed by atoms with Crippen molar-refractivity contribution in [3.8, 4) is 0 Å². The van der Waals surface area contributed by atoms with Crippen molar-refractivity contribution in [3.63, 3.8) is 0 Å². The zero-order valence-electron chi connectivity index (χ0n) is 10.4. The van der Waals surface area contributed by atoms with Crippen LogP contribution in [0.3, 0.4) is 0 Å². The molecule has 6 nitrogen and oxygen atoms in total. The Kier molecular flexibility index (Phi) is 2.23. The quantitative estimate of drug-likeness (QED) is 0.664. The fourth-order valence-corrected chi connectivity index (χ4v) is 2.53. The van der Waals surface area contributed by atoms with E-state index < -0.39 is 35.9 Å². The van der Waals surface area contributed by atoms with E-state index in [1.807, 2.05) is 0 Å². The Labute approximate surface area is 99.7 Å². The van der Waals surface area contributed by atoms with Crippen molar-refractivity contribution in [1.82, 2.24) is 0 Å². The van der Waals surface area contributed by atoms with Gasteiger partial charge in [-0.05, 0) is 27.7 Å². The van der Waals surface area contributed by atoms with Crippen LogP contribution in [0.25, 0.3) is 0 Å². The highest BCUT2D eigenvalue weighted by molar-refractivity contribution is 5.01. The van der Waals surface area contributed by atoms with E-state index >= 15 is 0 Å². The molecule has 98 valence electrons.